The predicted molar refractivity (Wildman–Crippen MR) is 87.5 cm³/mol. The van der Waals surface area contributed by atoms with Crippen molar-refractivity contribution in [3.63, 3.8) is 0 Å². The molecule has 0 radical (unpaired) electrons. The Bertz CT molecular complexity index is 527. The van der Waals surface area contributed by atoms with Gasteiger partial charge in [-0.25, -0.2) is 0 Å². The molecule has 0 saturated heterocycles. The zero-order valence-electron chi connectivity index (χ0n) is 12.7. The van der Waals surface area contributed by atoms with E-state index < -0.39 is 0 Å². The van der Waals surface area contributed by atoms with Gasteiger partial charge in [-0.05, 0) is 30.0 Å². The highest BCUT2D eigenvalue weighted by Crippen LogP contribution is 2.26. The molecule has 0 spiro atoms. The molecule has 21 heavy (non-hydrogen) atoms. The van der Waals surface area contributed by atoms with Crippen molar-refractivity contribution in [1.82, 2.24) is 9.78 Å². The lowest BCUT2D eigenvalue weighted by Gasteiger charge is -2.22. The average molecular weight is 283 g/mol. The molecule has 1 fully saturated rings. The molecule has 3 heteroatoms. The summed E-state index contributed by atoms with van der Waals surface area (Å²) < 4.78 is 1.97. The fourth-order valence-electron chi connectivity index (χ4n) is 3.29. The second-order valence-electron chi connectivity index (χ2n) is 6.08. The molecule has 0 amide bonds. The topological polar surface area (TPSA) is 29.9 Å². The summed E-state index contributed by atoms with van der Waals surface area (Å²) in [5.74, 6) is 0.935. The van der Waals surface area contributed by atoms with Gasteiger partial charge in [0.05, 0.1) is 6.54 Å². The number of nitrogens with zero attached hydrogens (tertiary/aromatic N) is 2. The lowest BCUT2D eigenvalue weighted by Crippen LogP contribution is -2.13. The van der Waals surface area contributed by atoms with Crippen molar-refractivity contribution in [2.75, 3.05) is 11.9 Å². The maximum atomic E-state index is 4.30. The molecule has 1 heterocycles. The van der Waals surface area contributed by atoms with Crippen LogP contribution < -0.4 is 5.32 Å². The number of anilines is 1. The van der Waals surface area contributed by atoms with Crippen LogP contribution in [0.4, 0.5) is 5.69 Å². The molecule has 3 rings (SSSR count). The van der Waals surface area contributed by atoms with Crippen LogP contribution >= 0.6 is 0 Å². The first-order valence-corrected chi connectivity index (χ1v) is 8.21. The van der Waals surface area contributed by atoms with Crippen LogP contribution in [0.2, 0.25) is 0 Å². The largest absolute Gasteiger partial charge is 0.385 e. The van der Waals surface area contributed by atoms with Crippen molar-refractivity contribution in [2.45, 2.75) is 45.1 Å². The van der Waals surface area contributed by atoms with E-state index in [-0.39, 0.29) is 0 Å². The third kappa shape index (κ3) is 4.10. The maximum absolute atomic E-state index is 4.30. The molecular weight excluding hydrogens is 258 g/mol. The maximum Gasteiger partial charge on any atom is 0.0679 e. The van der Waals surface area contributed by atoms with Crippen molar-refractivity contribution < 1.29 is 0 Å². The number of para-hydroxylation sites is 1. The third-order valence-electron chi connectivity index (χ3n) is 4.50. The Labute approximate surface area is 127 Å². The Morgan fingerprint density at radius 1 is 1.10 bits per heavy atom. The highest BCUT2D eigenvalue weighted by Gasteiger charge is 2.12. The van der Waals surface area contributed by atoms with E-state index in [1.165, 1.54) is 49.8 Å². The van der Waals surface area contributed by atoms with E-state index in [0.717, 1.165) is 19.0 Å². The number of benzene rings is 1. The van der Waals surface area contributed by atoms with Gasteiger partial charge in [0, 0.05) is 24.6 Å². The molecule has 1 saturated carbocycles. The molecule has 0 atom stereocenters. The van der Waals surface area contributed by atoms with Gasteiger partial charge in [-0.3, -0.25) is 4.68 Å². The zero-order valence-corrected chi connectivity index (χ0v) is 12.7. The second-order valence-corrected chi connectivity index (χ2v) is 6.08. The van der Waals surface area contributed by atoms with Gasteiger partial charge in [0.1, 0.15) is 0 Å². The van der Waals surface area contributed by atoms with E-state index >= 15 is 0 Å². The van der Waals surface area contributed by atoms with Crippen molar-refractivity contribution in [1.29, 1.82) is 0 Å². The normalized spacial score (nSPS) is 16.0. The fraction of sp³-hybridized carbons (Fsp3) is 0.500. The summed E-state index contributed by atoms with van der Waals surface area (Å²) >= 11 is 0. The van der Waals surface area contributed by atoms with Gasteiger partial charge in [0.2, 0.25) is 0 Å². The van der Waals surface area contributed by atoms with Crippen molar-refractivity contribution in [3.8, 4) is 0 Å². The Morgan fingerprint density at radius 2 is 1.95 bits per heavy atom. The van der Waals surface area contributed by atoms with Gasteiger partial charge in [-0.15, -0.1) is 0 Å². The Hall–Kier alpha value is -1.77. The SMILES string of the molecule is c1ccc(NCCC2CCCCC2)c(Cn2cccn2)c1. The Balaban J connectivity index is 1.54. The third-order valence-corrected chi connectivity index (χ3v) is 4.50. The predicted octanol–water partition coefficient (Wildman–Crippen LogP) is 4.31. The average Bonchev–Trinajstić information content (AvgIpc) is 3.03. The minimum atomic E-state index is 0.833. The van der Waals surface area contributed by atoms with Crippen molar-refractivity contribution in [3.05, 3.63) is 48.3 Å². The summed E-state index contributed by atoms with van der Waals surface area (Å²) in [6, 6.07) is 10.5. The quantitative estimate of drug-likeness (QED) is 0.856. The van der Waals surface area contributed by atoms with Crippen molar-refractivity contribution >= 4 is 5.69 Å². The van der Waals surface area contributed by atoms with E-state index in [1.54, 1.807) is 0 Å². The first kappa shape index (κ1) is 14.2. The number of hydrogen-bond acceptors (Lipinski definition) is 2. The molecule has 0 unspecified atom stereocenters. The Morgan fingerprint density at radius 3 is 2.76 bits per heavy atom. The van der Waals surface area contributed by atoms with Crippen molar-refractivity contribution in [2.24, 2.45) is 5.92 Å². The lowest BCUT2D eigenvalue weighted by molar-refractivity contribution is 0.345. The van der Waals surface area contributed by atoms with Gasteiger partial charge in [-0.2, -0.15) is 5.10 Å². The molecular formula is C18H25N3. The van der Waals surface area contributed by atoms with Crippen LogP contribution in [-0.4, -0.2) is 16.3 Å². The summed E-state index contributed by atoms with van der Waals surface area (Å²) in [4.78, 5) is 0. The number of rotatable bonds is 6. The first-order valence-electron chi connectivity index (χ1n) is 8.21. The molecule has 0 bridgehead atoms. The molecule has 1 N–H and O–H groups in total. The summed E-state index contributed by atoms with van der Waals surface area (Å²) in [6.07, 6.45) is 12.3. The van der Waals surface area contributed by atoms with Crippen LogP contribution in [-0.2, 0) is 6.54 Å². The number of hydrogen-bond donors (Lipinski definition) is 1. The monoisotopic (exact) mass is 283 g/mol. The number of nitrogens with one attached hydrogen (secondary N) is 1. The van der Waals surface area contributed by atoms with Gasteiger partial charge >= 0.3 is 0 Å². The number of aromatic nitrogens is 2. The van der Waals surface area contributed by atoms with Gasteiger partial charge in [0.15, 0.2) is 0 Å². The van der Waals surface area contributed by atoms with Gasteiger partial charge < -0.3 is 5.32 Å². The molecule has 2 aromatic rings. The summed E-state index contributed by atoms with van der Waals surface area (Å²) in [6.45, 7) is 1.92. The van der Waals surface area contributed by atoms with Crippen LogP contribution in [0.3, 0.4) is 0 Å². The van der Waals surface area contributed by atoms with Crippen LogP contribution in [0.15, 0.2) is 42.7 Å². The highest BCUT2D eigenvalue weighted by atomic mass is 15.3. The molecule has 1 aliphatic carbocycles. The first-order chi connectivity index (χ1) is 10.4. The van der Waals surface area contributed by atoms with E-state index in [0.29, 0.717) is 0 Å². The summed E-state index contributed by atoms with van der Waals surface area (Å²) in [5, 5.41) is 7.93. The summed E-state index contributed by atoms with van der Waals surface area (Å²) in [7, 11) is 0. The minimum Gasteiger partial charge on any atom is -0.385 e. The van der Waals surface area contributed by atoms with Gasteiger partial charge in [0.25, 0.3) is 0 Å². The van der Waals surface area contributed by atoms with E-state index in [2.05, 4.69) is 34.7 Å². The highest BCUT2D eigenvalue weighted by molar-refractivity contribution is 5.51. The Kier molecular flexibility index (Phi) is 4.93. The van der Waals surface area contributed by atoms with E-state index in [1.807, 2.05) is 23.1 Å². The van der Waals surface area contributed by atoms with Crippen LogP contribution in [0.5, 0.6) is 0 Å². The minimum absolute atomic E-state index is 0.833. The molecule has 0 aliphatic heterocycles. The van der Waals surface area contributed by atoms with Crippen LogP contribution in [0.25, 0.3) is 0 Å². The zero-order chi connectivity index (χ0) is 14.3. The summed E-state index contributed by atoms with van der Waals surface area (Å²) in [5.41, 5.74) is 2.56. The smallest absolute Gasteiger partial charge is 0.0679 e. The molecule has 112 valence electrons. The molecule has 1 aromatic carbocycles. The van der Waals surface area contributed by atoms with Crippen LogP contribution in [0, 0.1) is 5.92 Å². The van der Waals surface area contributed by atoms with Crippen LogP contribution in [0.1, 0.15) is 44.1 Å². The second kappa shape index (κ2) is 7.30. The molecule has 3 nitrogen and oxygen atoms in total. The van der Waals surface area contributed by atoms with E-state index in [4.69, 9.17) is 0 Å². The van der Waals surface area contributed by atoms with E-state index in [9.17, 15) is 0 Å². The molecule has 1 aliphatic rings. The standard InChI is InChI=1S/C18H25N3/c1-2-7-16(8-3-1)11-13-19-18-10-5-4-9-17(18)15-21-14-6-12-20-21/h4-6,9-10,12,14,16,19H,1-3,7-8,11,13,15H2. The lowest BCUT2D eigenvalue weighted by atomic mass is 9.87. The van der Waals surface area contributed by atoms with Gasteiger partial charge in [-0.1, -0.05) is 50.3 Å². The fourth-order valence-corrected chi connectivity index (χ4v) is 3.29. The molecule has 1 aromatic heterocycles.